The number of nitrogens with one attached hydrogen (secondary N) is 1. The summed E-state index contributed by atoms with van der Waals surface area (Å²) in [6, 6.07) is 0.733. The van der Waals surface area contributed by atoms with Crippen molar-refractivity contribution in [3.05, 3.63) is 0 Å². The molecule has 1 unspecified atom stereocenters. The molecule has 2 rings (SSSR count). The zero-order valence-electron chi connectivity index (χ0n) is 9.63. The first-order valence-corrected chi connectivity index (χ1v) is 6.20. The number of rotatable bonds is 5. The van der Waals surface area contributed by atoms with E-state index in [1.54, 1.807) is 0 Å². The van der Waals surface area contributed by atoms with Crippen molar-refractivity contribution in [1.29, 1.82) is 0 Å². The summed E-state index contributed by atoms with van der Waals surface area (Å²) in [5.74, 6) is 1.95. The van der Waals surface area contributed by atoms with Crippen LogP contribution in [0.15, 0.2) is 0 Å². The van der Waals surface area contributed by atoms with Gasteiger partial charge in [-0.3, -0.25) is 0 Å². The molecule has 2 aliphatic rings. The van der Waals surface area contributed by atoms with E-state index in [1.165, 1.54) is 45.4 Å². The van der Waals surface area contributed by atoms with Gasteiger partial charge in [-0.15, -0.1) is 0 Å². The number of nitrogens with zero attached hydrogens (tertiary/aromatic N) is 1. The quantitative estimate of drug-likeness (QED) is 0.720. The van der Waals surface area contributed by atoms with Crippen molar-refractivity contribution in [2.45, 2.75) is 39.2 Å². The molecular weight excluding hydrogens is 172 g/mol. The number of hydrogen-bond acceptors (Lipinski definition) is 2. The second-order valence-electron chi connectivity index (χ2n) is 5.35. The summed E-state index contributed by atoms with van der Waals surface area (Å²) in [6.07, 6.45) is 4.34. The third kappa shape index (κ3) is 2.96. The lowest BCUT2D eigenvalue weighted by Crippen LogP contribution is -2.37. The number of hydrogen-bond donors (Lipinski definition) is 1. The Bertz CT molecular complexity index is 169. The molecule has 0 bridgehead atoms. The van der Waals surface area contributed by atoms with Crippen LogP contribution in [0.2, 0.25) is 0 Å². The van der Waals surface area contributed by atoms with Gasteiger partial charge in [-0.2, -0.15) is 0 Å². The SMILES string of the molecule is CC(C)N(CC1CC1)CC1CCNC1. The van der Waals surface area contributed by atoms with Crippen molar-refractivity contribution in [1.82, 2.24) is 10.2 Å². The summed E-state index contributed by atoms with van der Waals surface area (Å²) < 4.78 is 0. The van der Waals surface area contributed by atoms with E-state index in [9.17, 15) is 0 Å². The summed E-state index contributed by atoms with van der Waals surface area (Å²) in [7, 11) is 0. The van der Waals surface area contributed by atoms with Crippen molar-refractivity contribution in [3.63, 3.8) is 0 Å². The van der Waals surface area contributed by atoms with Gasteiger partial charge >= 0.3 is 0 Å². The van der Waals surface area contributed by atoms with E-state index in [0.29, 0.717) is 0 Å². The monoisotopic (exact) mass is 196 g/mol. The Morgan fingerprint density at radius 2 is 1.86 bits per heavy atom. The van der Waals surface area contributed by atoms with Gasteiger partial charge in [-0.25, -0.2) is 0 Å². The molecule has 2 fully saturated rings. The van der Waals surface area contributed by atoms with Crippen LogP contribution < -0.4 is 5.32 Å². The Balaban J connectivity index is 1.76. The molecule has 1 atom stereocenters. The van der Waals surface area contributed by atoms with Crippen molar-refractivity contribution in [2.24, 2.45) is 11.8 Å². The molecule has 1 aliphatic heterocycles. The molecule has 0 spiro atoms. The van der Waals surface area contributed by atoms with E-state index in [1.807, 2.05) is 0 Å². The molecule has 0 aromatic rings. The van der Waals surface area contributed by atoms with Crippen molar-refractivity contribution in [2.75, 3.05) is 26.2 Å². The average molecular weight is 196 g/mol. The Hall–Kier alpha value is -0.0800. The maximum absolute atomic E-state index is 3.46. The van der Waals surface area contributed by atoms with Crippen molar-refractivity contribution in [3.8, 4) is 0 Å². The van der Waals surface area contributed by atoms with Gasteiger partial charge < -0.3 is 10.2 Å². The predicted molar refractivity (Wildman–Crippen MR) is 60.4 cm³/mol. The summed E-state index contributed by atoms with van der Waals surface area (Å²) in [4.78, 5) is 2.69. The lowest BCUT2D eigenvalue weighted by molar-refractivity contribution is 0.184. The third-order valence-electron chi connectivity index (χ3n) is 3.58. The van der Waals surface area contributed by atoms with E-state index in [0.717, 1.165) is 17.9 Å². The molecule has 1 saturated carbocycles. The molecule has 0 radical (unpaired) electrons. The van der Waals surface area contributed by atoms with E-state index in [4.69, 9.17) is 0 Å². The molecule has 1 N–H and O–H groups in total. The highest BCUT2D eigenvalue weighted by molar-refractivity contribution is 4.82. The zero-order valence-corrected chi connectivity index (χ0v) is 9.63. The van der Waals surface area contributed by atoms with Gasteiger partial charge in [0.05, 0.1) is 0 Å². The molecule has 1 aliphatic carbocycles. The molecule has 2 heteroatoms. The van der Waals surface area contributed by atoms with Crippen LogP contribution >= 0.6 is 0 Å². The second kappa shape index (κ2) is 4.63. The summed E-state index contributed by atoms with van der Waals surface area (Å²) in [6.45, 7) is 9.83. The highest BCUT2D eigenvalue weighted by atomic mass is 15.2. The predicted octanol–water partition coefficient (Wildman–Crippen LogP) is 1.72. The maximum Gasteiger partial charge on any atom is 0.00388 e. The fourth-order valence-corrected chi connectivity index (χ4v) is 2.33. The molecular formula is C12H24N2. The first-order chi connectivity index (χ1) is 6.75. The van der Waals surface area contributed by atoms with E-state index >= 15 is 0 Å². The van der Waals surface area contributed by atoms with Crippen LogP contribution in [0.1, 0.15) is 33.1 Å². The molecule has 0 aromatic carbocycles. The van der Waals surface area contributed by atoms with Crippen LogP contribution in [0, 0.1) is 11.8 Å². The minimum atomic E-state index is 0.733. The largest absolute Gasteiger partial charge is 0.316 e. The van der Waals surface area contributed by atoms with Crippen LogP contribution in [0.25, 0.3) is 0 Å². The van der Waals surface area contributed by atoms with Crippen LogP contribution in [0.4, 0.5) is 0 Å². The molecule has 0 amide bonds. The molecule has 82 valence electrons. The molecule has 2 nitrogen and oxygen atoms in total. The summed E-state index contributed by atoms with van der Waals surface area (Å²) >= 11 is 0. The van der Waals surface area contributed by atoms with Crippen LogP contribution in [-0.2, 0) is 0 Å². The molecule has 1 saturated heterocycles. The molecule has 0 aromatic heterocycles. The fourth-order valence-electron chi connectivity index (χ4n) is 2.33. The minimum absolute atomic E-state index is 0.733. The van der Waals surface area contributed by atoms with E-state index in [2.05, 4.69) is 24.1 Å². The normalized spacial score (nSPS) is 27.9. The highest BCUT2D eigenvalue weighted by Crippen LogP contribution is 2.30. The lowest BCUT2D eigenvalue weighted by atomic mass is 10.1. The van der Waals surface area contributed by atoms with Crippen LogP contribution in [-0.4, -0.2) is 37.1 Å². The standard InChI is InChI=1S/C12H24N2/c1-10(2)14(8-11-3-4-11)9-12-5-6-13-7-12/h10-13H,3-9H2,1-2H3. The van der Waals surface area contributed by atoms with Gasteiger partial charge in [0.2, 0.25) is 0 Å². The van der Waals surface area contributed by atoms with Gasteiger partial charge in [-0.05, 0) is 58.0 Å². The summed E-state index contributed by atoms with van der Waals surface area (Å²) in [5, 5.41) is 3.46. The van der Waals surface area contributed by atoms with Crippen molar-refractivity contribution < 1.29 is 0 Å². The van der Waals surface area contributed by atoms with E-state index in [-0.39, 0.29) is 0 Å². The third-order valence-corrected chi connectivity index (χ3v) is 3.58. The Morgan fingerprint density at radius 1 is 1.14 bits per heavy atom. The van der Waals surface area contributed by atoms with E-state index < -0.39 is 0 Å². The molecule has 1 heterocycles. The van der Waals surface area contributed by atoms with Gasteiger partial charge in [0.1, 0.15) is 0 Å². The fraction of sp³-hybridized carbons (Fsp3) is 1.00. The Morgan fingerprint density at radius 3 is 2.36 bits per heavy atom. The minimum Gasteiger partial charge on any atom is -0.316 e. The first-order valence-electron chi connectivity index (χ1n) is 6.20. The topological polar surface area (TPSA) is 15.3 Å². The maximum atomic E-state index is 3.46. The van der Waals surface area contributed by atoms with Crippen LogP contribution in [0.5, 0.6) is 0 Å². The molecule has 14 heavy (non-hydrogen) atoms. The van der Waals surface area contributed by atoms with Gasteiger partial charge in [0.15, 0.2) is 0 Å². The first kappa shape index (κ1) is 10.4. The summed E-state index contributed by atoms with van der Waals surface area (Å²) in [5.41, 5.74) is 0. The average Bonchev–Trinajstić information content (AvgIpc) is 2.80. The van der Waals surface area contributed by atoms with Crippen molar-refractivity contribution >= 4 is 0 Å². The zero-order chi connectivity index (χ0) is 9.97. The second-order valence-corrected chi connectivity index (χ2v) is 5.35. The van der Waals surface area contributed by atoms with Gasteiger partial charge in [0, 0.05) is 19.1 Å². The Labute approximate surface area is 88.1 Å². The Kier molecular flexibility index (Phi) is 3.45. The highest BCUT2D eigenvalue weighted by Gasteiger charge is 2.27. The lowest BCUT2D eigenvalue weighted by Gasteiger charge is -2.29. The van der Waals surface area contributed by atoms with Gasteiger partial charge in [0.25, 0.3) is 0 Å². The smallest absolute Gasteiger partial charge is 0.00388 e. The van der Waals surface area contributed by atoms with Gasteiger partial charge in [-0.1, -0.05) is 0 Å². The van der Waals surface area contributed by atoms with Crippen LogP contribution in [0.3, 0.4) is 0 Å².